The quantitative estimate of drug-likeness (QED) is 0.690. The number of hydrogen-bond acceptors (Lipinski definition) is 2. The van der Waals surface area contributed by atoms with Crippen molar-refractivity contribution in [2.75, 3.05) is 5.32 Å². The molecule has 0 amide bonds. The van der Waals surface area contributed by atoms with Crippen LogP contribution in [0.3, 0.4) is 0 Å². The summed E-state index contributed by atoms with van der Waals surface area (Å²) in [7, 11) is 0. The molecule has 0 radical (unpaired) electrons. The summed E-state index contributed by atoms with van der Waals surface area (Å²) < 4.78 is 13.5. The van der Waals surface area contributed by atoms with Gasteiger partial charge in [-0.3, -0.25) is 5.10 Å². The minimum Gasteiger partial charge on any atom is -0.378 e. The second kappa shape index (κ2) is 2.82. The Morgan fingerprint density at radius 2 is 2.27 bits per heavy atom. The number of halogens is 1. The zero-order chi connectivity index (χ0) is 10.4. The standard InChI is InChI=1S/C11H10FN3/c1-6-8-5-13-11-7(10(8)15-14-6)3-2-4-9(11)12/h2-4,13H,5H2,1H3,(H,14,15). The van der Waals surface area contributed by atoms with Gasteiger partial charge in [-0.25, -0.2) is 4.39 Å². The molecule has 0 atom stereocenters. The summed E-state index contributed by atoms with van der Waals surface area (Å²) in [5.74, 6) is -0.223. The van der Waals surface area contributed by atoms with Crippen LogP contribution in [0.5, 0.6) is 0 Å². The molecule has 0 saturated carbocycles. The van der Waals surface area contributed by atoms with Crippen LogP contribution in [0.4, 0.5) is 10.1 Å². The lowest BCUT2D eigenvalue weighted by Gasteiger charge is -2.18. The van der Waals surface area contributed by atoms with E-state index in [1.807, 2.05) is 13.0 Å². The third kappa shape index (κ3) is 1.08. The van der Waals surface area contributed by atoms with Crippen LogP contribution in [0.25, 0.3) is 11.3 Å². The molecule has 1 aromatic carbocycles. The van der Waals surface area contributed by atoms with Gasteiger partial charge in [0, 0.05) is 23.4 Å². The summed E-state index contributed by atoms with van der Waals surface area (Å²) >= 11 is 0. The molecular formula is C11H10FN3. The molecule has 2 heterocycles. The van der Waals surface area contributed by atoms with E-state index in [2.05, 4.69) is 15.5 Å². The van der Waals surface area contributed by atoms with Gasteiger partial charge in [0.05, 0.1) is 11.4 Å². The maximum absolute atomic E-state index is 13.5. The van der Waals surface area contributed by atoms with E-state index in [0.717, 1.165) is 22.5 Å². The van der Waals surface area contributed by atoms with Crippen molar-refractivity contribution >= 4 is 5.69 Å². The highest BCUT2D eigenvalue weighted by Gasteiger charge is 2.21. The molecular weight excluding hydrogens is 193 g/mol. The van der Waals surface area contributed by atoms with E-state index >= 15 is 0 Å². The van der Waals surface area contributed by atoms with Gasteiger partial charge in [0.25, 0.3) is 0 Å². The summed E-state index contributed by atoms with van der Waals surface area (Å²) in [4.78, 5) is 0. The fraction of sp³-hybridized carbons (Fsp3) is 0.182. The van der Waals surface area contributed by atoms with Gasteiger partial charge >= 0.3 is 0 Å². The van der Waals surface area contributed by atoms with Gasteiger partial charge in [-0.1, -0.05) is 12.1 Å². The van der Waals surface area contributed by atoms with Gasteiger partial charge in [0.2, 0.25) is 0 Å². The molecule has 76 valence electrons. The Hall–Kier alpha value is -1.84. The molecule has 0 bridgehead atoms. The molecule has 0 fully saturated rings. The molecule has 3 nitrogen and oxygen atoms in total. The van der Waals surface area contributed by atoms with Crippen molar-refractivity contribution < 1.29 is 4.39 Å². The molecule has 1 aromatic heterocycles. The van der Waals surface area contributed by atoms with Crippen LogP contribution < -0.4 is 5.32 Å². The Balaban J connectivity index is 2.30. The van der Waals surface area contributed by atoms with E-state index < -0.39 is 0 Å². The van der Waals surface area contributed by atoms with Crippen LogP contribution in [0, 0.1) is 12.7 Å². The number of rotatable bonds is 0. The molecule has 0 aliphatic carbocycles. The lowest BCUT2D eigenvalue weighted by atomic mass is 10.00. The number of anilines is 1. The largest absolute Gasteiger partial charge is 0.378 e. The zero-order valence-electron chi connectivity index (χ0n) is 8.26. The lowest BCUT2D eigenvalue weighted by molar-refractivity contribution is 0.630. The highest BCUT2D eigenvalue weighted by atomic mass is 19.1. The van der Waals surface area contributed by atoms with Crippen LogP contribution in [0.1, 0.15) is 11.3 Å². The first kappa shape index (κ1) is 8.47. The molecule has 1 aliphatic heterocycles. The number of aromatic nitrogens is 2. The van der Waals surface area contributed by atoms with Crippen LogP contribution in [-0.4, -0.2) is 10.2 Å². The molecule has 15 heavy (non-hydrogen) atoms. The first-order valence-corrected chi connectivity index (χ1v) is 4.84. The van der Waals surface area contributed by atoms with Crippen molar-refractivity contribution in [1.29, 1.82) is 0 Å². The van der Waals surface area contributed by atoms with Gasteiger partial charge in [-0.15, -0.1) is 0 Å². The van der Waals surface area contributed by atoms with Crippen molar-refractivity contribution in [3.63, 3.8) is 0 Å². The fourth-order valence-corrected chi connectivity index (χ4v) is 1.97. The van der Waals surface area contributed by atoms with Crippen molar-refractivity contribution in [2.24, 2.45) is 0 Å². The van der Waals surface area contributed by atoms with E-state index in [-0.39, 0.29) is 5.82 Å². The van der Waals surface area contributed by atoms with Crippen molar-refractivity contribution in [3.05, 3.63) is 35.3 Å². The van der Waals surface area contributed by atoms with Crippen molar-refractivity contribution in [2.45, 2.75) is 13.5 Å². The first-order valence-electron chi connectivity index (χ1n) is 4.84. The smallest absolute Gasteiger partial charge is 0.146 e. The molecule has 2 N–H and O–H groups in total. The number of para-hydroxylation sites is 1. The van der Waals surface area contributed by atoms with Gasteiger partial charge in [0.15, 0.2) is 0 Å². The maximum Gasteiger partial charge on any atom is 0.146 e. The normalized spacial score (nSPS) is 12.9. The summed E-state index contributed by atoms with van der Waals surface area (Å²) in [6.07, 6.45) is 0. The number of aromatic amines is 1. The highest BCUT2D eigenvalue weighted by Crippen LogP contribution is 2.36. The lowest BCUT2D eigenvalue weighted by Crippen LogP contribution is -2.09. The number of nitrogens with zero attached hydrogens (tertiary/aromatic N) is 1. The number of hydrogen-bond donors (Lipinski definition) is 2. The number of aryl methyl sites for hydroxylation is 1. The van der Waals surface area contributed by atoms with Crippen LogP contribution in [0.2, 0.25) is 0 Å². The Labute approximate surface area is 86.3 Å². The fourth-order valence-electron chi connectivity index (χ4n) is 1.97. The molecule has 4 heteroatoms. The van der Waals surface area contributed by atoms with E-state index in [4.69, 9.17) is 0 Å². The Kier molecular flexibility index (Phi) is 1.59. The summed E-state index contributed by atoms with van der Waals surface area (Å²) in [5.41, 5.74) is 4.40. The van der Waals surface area contributed by atoms with Crippen molar-refractivity contribution in [3.8, 4) is 11.3 Å². The number of nitrogens with one attached hydrogen (secondary N) is 2. The third-order valence-electron chi connectivity index (χ3n) is 2.78. The minimum atomic E-state index is -0.223. The topological polar surface area (TPSA) is 40.7 Å². The van der Waals surface area contributed by atoms with E-state index in [0.29, 0.717) is 12.2 Å². The average molecular weight is 203 g/mol. The molecule has 1 aliphatic rings. The first-order chi connectivity index (χ1) is 7.27. The Morgan fingerprint density at radius 3 is 3.13 bits per heavy atom. The maximum atomic E-state index is 13.5. The summed E-state index contributed by atoms with van der Waals surface area (Å²) in [6.45, 7) is 2.60. The average Bonchev–Trinajstić information content (AvgIpc) is 2.61. The number of fused-ring (bicyclic) bond motifs is 3. The van der Waals surface area contributed by atoms with Crippen LogP contribution in [-0.2, 0) is 6.54 Å². The third-order valence-corrected chi connectivity index (χ3v) is 2.78. The molecule has 2 aromatic rings. The van der Waals surface area contributed by atoms with Crippen LogP contribution in [0.15, 0.2) is 18.2 Å². The molecule has 0 saturated heterocycles. The second-order valence-electron chi connectivity index (χ2n) is 3.69. The number of benzene rings is 1. The van der Waals surface area contributed by atoms with Gasteiger partial charge in [-0.2, -0.15) is 5.10 Å². The van der Waals surface area contributed by atoms with Gasteiger partial charge in [0.1, 0.15) is 5.82 Å². The Bertz CT molecular complexity index is 531. The Morgan fingerprint density at radius 1 is 1.40 bits per heavy atom. The second-order valence-corrected chi connectivity index (χ2v) is 3.69. The van der Waals surface area contributed by atoms with Crippen LogP contribution >= 0.6 is 0 Å². The van der Waals surface area contributed by atoms with Gasteiger partial charge < -0.3 is 5.32 Å². The van der Waals surface area contributed by atoms with Crippen molar-refractivity contribution in [1.82, 2.24) is 10.2 Å². The zero-order valence-corrected chi connectivity index (χ0v) is 8.26. The monoisotopic (exact) mass is 203 g/mol. The molecule has 3 rings (SSSR count). The van der Waals surface area contributed by atoms with Gasteiger partial charge in [-0.05, 0) is 13.0 Å². The predicted octanol–water partition coefficient (Wildman–Crippen LogP) is 2.45. The number of H-pyrrole nitrogens is 1. The SMILES string of the molecule is Cc1[nH]nc2c1CNc1c(F)cccc1-2. The van der Waals surface area contributed by atoms with E-state index in [1.165, 1.54) is 6.07 Å². The predicted molar refractivity (Wildman–Crippen MR) is 56.0 cm³/mol. The minimum absolute atomic E-state index is 0.223. The van der Waals surface area contributed by atoms with E-state index in [9.17, 15) is 4.39 Å². The molecule has 0 spiro atoms. The summed E-state index contributed by atoms with van der Waals surface area (Å²) in [6, 6.07) is 5.04. The van der Waals surface area contributed by atoms with E-state index in [1.54, 1.807) is 6.07 Å². The summed E-state index contributed by atoms with van der Waals surface area (Å²) in [5, 5.41) is 10.2. The molecule has 0 unspecified atom stereocenters. The highest BCUT2D eigenvalue weighted by molar-refractivity contribution is 5.81.